The molecule has 0 fully saturated rings. The van der Waals surface area contributed by atoms with Gasteiger partial charge in [0.2, 0.25) is 0 Å². The number of halogens is 2. The van der Waals surface area contributed by atoms with Crippen LogP contribution >= 0.6 is 11.3 Å². The molecule has 2 rings (SSSR count). The Morgan fingerprint density at radius 3 is 2.31 bits per heavy atom. The van der Waals surface area contributed by atoms with Crippen molar-refractivity contribution in [2.24, 2.45) is 0 Å². The maximum atomic E-state index is 12.8. The van der Waals surface area contributed by atoms with Crippen LogP contribution in [0.15, 0.2) is 29.6 Å². The second-order valence-electron chi connectivity index (χ2n) is 3.01. The zero-order valence-corrected chi connectivity index (χ0v) is 8.76. The van der Waals surface area contributed by atoms with Crippen LogP contribution < -0.4 is 4.74 Å². The summed E-state index contributed by atoms with van der Waals surface area (Å²) >= 11 is 1.20. The number of aldehydes is 1. The van der Waals surface area contributed by atoms with E-state index in [4.69, 9.17) is 4.74 Å². The van der Waals surface area contributed by atoms with Gasteiger partial charge in [-0.3, -0.25) is 4.79 Å². The van der Waals surface area contributed by atoms with Crippen LogP contribution in [-0.2, 0) is 0 Å². The molecule has 0 aliphatic heterocycles. The minimum absolute atomic E-state index is 0.0627. The average molecular weight is 240 g/mol. The normalized spacial score (nSPS) is 10.1. The Morgan fingerprint density at radius 1 is 1.06 bits per heavy atom. The molecule has 0 amide bonds. The lowest BCUT2D eigenvalue weighted by atomic mass is 10.3. The van der Waals surface area contributed by atoms with Crippen molar-refractivity contribution in [2.75, 3.05) is 0 Å². The van der Waals surface area contributed by atoms with Gasteiger partial charge in [-0.1, -0.05) is 0 Å². The molecule has 0 N–H and O–H groups in total. The SMILES string of the molecule is O=Cc1cc(Oc2cc(F)cc(F)c2)cs1. The quantitative estimate of drug-likeness (QED) is 0.766. The molecule has 2 nitrogen and oxygen atoms in total. The summed E-state index contributed by atoms with van der Waals surface area (Å²) in [5, 5.41) is 1.59. The Balaban J connectivity index is 2.22. The molecule has 1 aromatic carbocycles. The lowest BCUT2D eigenvalue weighted by Gasteiger charge is -2.02. The topological polar surface area (TPSA) is 26.3 Å². The second kappa shape index (κ2) is 4.40. The van der Waals surface area contributed by atoms with Gasteiger partial charge in [-0.25, -0.2) is 8.78 Å². The highest BCUT2D eigenvalue weighted by molar-refractivity contribution is 7.11. The number of ether oxygens (including phenoxy) is 1. The first-order valence-electron chi connectivity index (χ1n) is 4.35. The summed E-state index contributed by atoms with van der Waals surface area (Å²) < 4.78 is 30.9. The first-order valence-corrected chi connectivity index (χ1v) is 5.23. The van der Waals surface area contributed by atoms with Crippen molar-refractivity contribution in [2.45, 2.75) is 0 Å². The van der Waals surface area contributed by atoms with Gasteiger partial charge in [-0.2, -0.15) is 0 Å². The number of hydrogen-bond acceptors (Lipinski definition) is 3. The molecule has 5 heteroatoms. The van der Waals surface area contributed by atoms with Crippen molar-refractivity contribution in [3.05, 3.63) is 46.2 Å². The van der Waals surface area contributed by atoms with Crippen molar-refractivity contribution in [3.63, 3.8) is 0 Å². The largest absolute Gasteiger partial charge is 0.456 e. The minimum Gasteiger partial charge on any atom is -0.456 e. The molecule has 0 radical (unpaired) electrons. The number of benzene rings is 1. The van der Waals surface area contributed by atoms with Gasteiger partial charge in [0.25, 0.3) is 0 Å². The van der Waals surface area contributed by atoms with Crippen LogP contribution in [0.5, 0.6) is 11.5 Å². The van der Waals surface area contributed by atoms with Gasteiger partial charge in [0.05, 0.1) is 4.88 Å². The monoisotopic (exact) mass is 240 g/mol. The number of carbonyl (C=O) groups is 1. The van der Waals surface area contributed by atoms with Crippen molar-refractivity contribution < 1.29 is 18.3 Å². The van der Waals surface area contributed by atoms with Crippen LogP contribution in [0.1, 0.15) is 9.67 Å². The van der Waals surface area contributed by atoms with Crippen LogP contribution in [-0.4, -0.2) is 6.29 Å². The maximum Gasteiger partial charge on any atom is 0.160 e. The maximum absolute atomic E-state index is 12.8. The van der Waals surface area contributed by atoms with E-state index in [1.807, 2.05) is 0 Å². The third kappa shape index (κ3) is 2.43. The summed E-state index contributed by atoms with van der Waals surface area (Å²) in [6, 6.07) is 4.40. The zero-order valence-electron chi connectivity index (χ0n) is 7.94. The number of carbonyl (C=O) groups excluding carboxylic acids is 1. The third-order valence-corrected chi connectivity index (χ3v) is 2.62. The van der Waals surface area contributed by atoms with Gasteiger partial charge in [-0.05, 0) is 0 Å². The number of thiophene rings is 1. The van der Waals surface area contributed by atoms with E-state index in [1.165, 1.54) is 17.4 Å². The Kier molecular flexibility index (Phi) is 2.96. The third-order valence-electron chi connectivity index (χ3n) is 1.78. The van der Waals surface area contributed by atoms with Gasteiger partial charge in [-0.15, -0.1) is 11.3 Å². The lowest BCUT2D eigenvalue weighted by molar-refractivity contribution is 0.112. The van der Waals surface area contributed by atoms with Crippen LogP contribution in [0.2, 0.25) is 0 Å². The van der Waals surface area contributed by atoms with E-state index in [1.54, 1.807) is 5.38 Å². The lowest BCUT2D eigenvalue weighted by Crippen LogP contribution is -1.85. The molecule has 0 saturated carbocycles. The van der Waals surface area contributed by atoms with E-state index in [-0.39, 0.29) is 5.75 Å². The first kappa shape index (κ1) is 10.8. The van der Waals surface area contributed by atoms with Gasteiger partial charge in [0.1, 0.15) is 23.1 Å². The van der Waals surface area contributed by atoms with E-state index in [9.17, 15) is 13.6 Å². The highest BCUT2D eigenvalue weighted by Crippen LogP contribution is 2.27. The Morgan fingerprint density at radius 2 is 1.75 bits per heavy atom. The van der Waals surface area contributed by atoms with Crippen molar-refractivity contribution in [1.29, 1.82) is 0 Å². The van der Waals surface area contributed by atoms with Crippen LogP contribution in [0, 0.1) is 11.6 Å². The smallest absolute Gasteiger partial charge is 0.160 e. The summed E-state index contributed by atoms with van der Waals surface area (Å²) in [4.78, 5) is 10.9. The van der Waals surface area contributed by atoms with Crippen LogP contribution in [0.4, 0.5) is 8.78 Å². The fourth-order valence-electron chi connectivity index (χ4n) is 1.17. The second-order valence-corrected chi connectivity index (χ2v) is 3.95. The first-order chi connectivity index (χ1) is 7.67. The van der Waals surface area contributed by atoms with Gasteiger partial charge in [0, 0.05) is 29.6 Å². The molecule has 0 unspecified atom stereocenters. The fraction of sp³-hybridized carbons (Fsp3) is 0. The molecular weight excluding hydrogens is 234 g/mol. The molecule has 0 aliphatic rings. The van der Waals surface area contributed by atoms with Crippen LogP contribution in [0.25, 0.3) is 0 Å². The fourth-order valence-corrected chi connectivity index (χ4v) is 1.78. The zero-order chi connectivity index (χ0) is 11.5. The van der Waals surface area contributed by atoms with Gasteiger partial charge >= 0.3 is 0 Å². The van der Waals surface area contributed by atoms with E-state index in [2.05, 4.69) is 0 Å². The summed E-state index contributed by atoms with van der Waals surface area (Å²) in [5.74, 6) is -0.966. The Labute approximate surface area is 94.1 Å². The van der Waals surface area contributed by atoms with Crippen molar-refractivity contribution in [1.82, 2.24) is 0 Å². The van der Waals surface area contributed by atoms with E-state index in [0.29, 0.717) is 16.9 Å². The summed E-state index contributed by atoms with van der Waals surface area (Å²) in [7, 11) is 0. The van der Waals surface area contributed by atoms with E-state index >= 15 is 0 Å². The average Bonchev–Trinajstić information content (AvgIpc) is 2.64. The molecule has 2 aromatic rings. The highest BCUT2D eigenvalue weighted by atomic mass is 32.1. The van der Waals surface area contributed by atoms with Gasteiger partial charge in [0.15, 0.2) is 6.29 Å². The molecule has 1 heterocycles. The standard InChI is InChI=1S/C11H6F2O2S/c12-7-1-8(13)3-9(2-7)15-10-4-11(5-14)16-6-10/h1-6H. The molecule has 16 heavy (non-hydrogen) atoms. The predicted octanol–water partition coefficient (Wildman–Crippen LogP) is 3.63. The Hall–Kier alpha value is -1.75. The molecule has 0 aliphatic carbocycles. The molecular formula is C11H6F2O2S. The molecule has 1 aromatic heterocycles. The molecule has 82 valence electrons. The highest BCUT2D eigenvalue weighted by Gasteiger charge is 2.04. The number of rotatable bonds is 3. The molecule has 0 bridgehead atoms. The molecule has 0 atom stereocenters. The summed E-state index contributed by atoms with van der Waals surface area (Å²) in [5.41, 5.74) is 0. The summed E-state index contributed by atoms with van der Waals surface area (Å²) in [6.45, 7) is 0. The van der Waals surface area contributed by atoms with Crippen LogP contribution in [0.3, 0.4) is 0 Å². The number of hydrogen-bond donors (Lipinski definition) is 0. The predicted molar refractivity (Wildman–Crippen MR) is 56.1 cm³/mol. The summed E-state index contributed by atoms with van der Waals surface area (Å²) in [6.07, 6.45) is 0.684. The van der Waals surface area contributed by atoms with E-state index < -0.39 is 11.6 Å². The molecule has 0 spiro atoms. The minimum atomic E-state index is -0.708. The molecule has 0 saturated heterocycles. The van der Waals surface area contributed by atoms with Crippen molar-refractivity contribution >= 4 is 17.6 Å². The van der Waals surface area contributed by atoms with Crippen molar-refractivity contribution in [3.8, 4) is 11.5 Å². The van der Waals surface area contributed by atoms with E-state index in [0.717, 1.165) is 18.2 Å². The van der Waals surface area contributed by atoms with Gasteiger partial charge < -0.3 is 4.74 Å². The Bertz CT molecular complexity index is 502.